The second-order valence-electron chi connectivity index (χ2n) is 6.35. The number of carbonyl (C=O) groups excluding carboxylic acids is 1. The zero-order valence-corrected chi connectivity index (χ0v) is 15.0. The average Bonchev–Trinajstić information content (AvgIpc) is 3.19. The van der Waals surface area contributed by atoms with Gasteiger partial charge in [0.15, 0.2) is 0 Å². The maximum absolute atomic E-state index is 13.3. The average molecular weight is 371 g/mol. The summed E-state index contributed by atoms with van der Waals surface area (Å²) in [5.41, 5.74) is 3.48. The van der Waals surface area contributed by atoms with Gasteiger partial charge in [0.25, 0.3) is 5.91 Å². The van der Waals surface area contributed by atoms with Crippen LogP contribution in [0.1, 0.15) is 15.9 Å². The van der Waals surface area contributed by atoms with E-state index in [-0.39, 0.29) is 11.7 Å². The van der Waals surface area contributed by atoms with Crippen molar-refractivity contribution in [2.45, 2.75) is 6.54 Å². The van der Waals surface area contributed by atoms with Crippen LogP contribution >= 0.6 is 0 Å². The van der Waals surface area contributed by atoms with Crippen LogP contribution in [0.15, 0.2) is 91.1 Å². The van der Waals surface area contributed by atoms with Crippen LogP contribution in [0.4, 0.5) is 4.39 Å². The minimum absolute atomic E-state index is 0.231. The molecule has 4 aromatic rings. The third kappa shape index (κ3) is 3.83. The molecule has 28 heavy (non-hydrogen) atoms. The molecule has 0 aliphatic rings. The number of nitrogens with zero attached hydrogens (tertiary/aromatic N) is 2. The molecule has 0 spiro atoms. The molecule has 0 unspecified atom stereocenters. The van der Waals surface area contributed by atoms with Crippen molar-refractivity contribution in [3.63, 3.8) is 0 Å². The zero-order chi connectivity index (χ0) is 19.3. The van der Waals surface area contributed by atoms with Gasteiger partial charge in [0.2, 0.25) is 0 Å². The van der Waals surface area contributed by atoms with Crippen LogP contribution in [0.25, 0.3) is 16.9 Å². The van der Waals surface area contributed by atoms with Gasteiger partial charge in [0.05, 0.1) is 11.3 Å². The molecule has 1 aromatic heterocycles. The molecule has 4 rings (SSSR count). The van der Waals surface area contributed by atoms with Crippen molar-refractivity contribution in [3.8, 4) is 16.9 Å². The Labute approximate surface area is 162 Å². The van der Waals surface area contributed by atoms with Crippen molar-refractivity contribution in [1.29, 1.82) is 0 Å². The zero-order valence-electron chi connectivity index (χ0n) is 15.0. The topological polar surface area (TPSA) is 46.9 Å². The molecule has 0 atom stereocenters. The lowest BCUT2D eigenvalue weighted by atomic mass is 10.1. The van der Waals surface area contributed by atoms with E-state index in [9.17, 15) is 9.18 Å². The van der Waals surface area contributed by atoms with E-state index in [1.54, 1.807) is 23.0 Å². The van der Waals surface area contributed by atoms with Gasteiger partial charge in [0, 0.05) is 18.3 Å². The lowest BCUT2D eigenvalue weighted by molar-refractivity contribution is 0.0951. The highest BCUT2D eigenvalue weighted by atomic mass is 19.1. The maximum atomic E-state index is 13.3. The SMILES string of the molecule is O=C(NCc1ccccc1)c1cn(-c2ccccc2)nc1-c1ccc(F)cc1. The first-order chi connectivity index (χ1) is 13.7. The maximum Gasteiger partial charge on any atom is 0.255 e. The Morgan fingerprint density at radius 2 is 1.54 bits per heavy atom. The summed E-state index contributed by atoms with van der Waals surface area (Å²) in [6.45, 7) is 0.416. The second kappa shape index (κ2) is 7.88. The van der Waals surface area contributed by atoms with Crippen LogP contribution in [0.3, 0.4) is 0 Å². The number of aromatic nitrogens is 2. The van der Waals surface area contributed by atoms with Crippen molar-refractivity contribution in [2.24, 2.45) is 0 Å². The largest absolute Gasteiger partial charge is 0.348 e. The number of para-hydroxylation sites is 1. The van der Waals surface area contributed by atoms with Crippen molar-refractivity contribution in [1.82, 2.24) is 15.1 Å². The summed E-state index contributed by atoms with van der Waals surface area (Å²) in [5, 5.41) is 7.53. The molecular formula is C23H18FN3O. The van der Waals surface area contributed by atoms with Gasteiger partial charge in [-0.05, 0) is 42.0 Å². The Morgan fingerprint density at radius 1 is 0.893 bits per heavy atom. The lowest BCUT2D eigenvalue weighted by Crippen LogP contribution is -2.23. The predicted molar refractivity (Wildman–Crippen MR) is 107 cm³/mol. The number of carbonyl (C=O) groups is 1. The quantitative estimate of drug-likeness (QED) is 0.557. The Balaban J connectivity index is 1.68. The number of halogens is 1. The highest BCUT2D eigenvalue weighted by Gasteiger charge is 2.18. The third-order valence-electron chi connectivity index (χ3n) is 4.39. The molecule has 0 saturated heterocycles. The van der Waals surface area contributed by atoms with Crippen LogP contribution in [0, 0.1) is 5.82 Å². The second-order valence-corrected chi connectivity index (χ2v) is 6.35. The molecule has 138 valence electrons. The van der Waals surface area contributed by atoms with Gasteiger partial charge in [0.1, 0.15) is 11.5 Å². The first-order valence-corrected chi connectivity index (χ1v) is 8.94. The van der Waals surface area contributed by atoms with Crippen LogP contribution in [0.5, 0.6) is 0 Å². The summed E-state index contributed by atoms with van der Waals surface area (Å²) in [5.74, 6) is -0.563. The Morgan fingerprint density at radius 3 is 2.21 bits per heavy atom. The van der Waals surface area contributed by atoms with Crippen molar-refractivity contribution < 1.29 is 9.18 Å². The normalized spacial score (nSPS) is 10.6. The summed E-state index contributed by atoms with van der Waals surface area (Å²) in [7, 11) is 0. The molecule has 3 aromatic carbocycles. The third-order valence-corrected chi connectivity index (χ3v) is 4.39. The molecule has 0 aliphatic carbocycles. The molecule has 1 heterocycles. The first kappa shape index (κ1) is 17.7. The fraction of sp³-hybridized carbons (Fsp3) is 0.0435. The van der Waals surface area contributed by atoms with Gasteiger partial charge in [-0.2, -0.15) is 5.10 Å². The van der Waals surface area contributed by atoms with Gasteiger partial charge in [-0.25, -0.2) is 9.07 Å². The van der Waals surface area contributed by atoms with E-state index in [2.05, 4.69) is 10.4 Å². The molecule has 0 radical (unpaired) electrons. The fourth-order valence-corrected chi connectivity index (χ4v) is 2.95. The van der Waals surface area contributed by atoms with Crippen molar-refractivity contribution >= 4 is 5.91 Å². The molecule has 1 N–H and O–H groups in total. The standard InChI is InChI=1S/C23H18FN3O/c24-19-13-11-18(12-14-19)22-21(16-27(26-22)20-9-5-2-6-10-20)23(28)25-15-17-7-3-1-4-8-17/h1-14,16H,15H2,(H,25,28). The van der Waals surface area contributed by atoms with Crippen LogP contribution in [-0.2, 0) is 6.54 Å². The minimum Gasteiger partial charge on any atom is -0.348 e. The van der Waals surface area contributed by atoms with E-state index in [0.29, 0.717) is 23.4 Å². The number of rotatable bonds is 5. The first-order valence-electron chi connectivity index (χ1n) is 8.94. The highest BCUT2D eigenvalue weighted by molar-refractivity contribution is 5.99. The molecule has 0 bridgehead atoms. The summed E-state index contributed by atoms with van der Waals surface area (Å²) < 4.78 is 15.0. The number of benzene rings is 3. The van der Waals surface area contributed by atoms with Crippen LogP contribution in [0.2, 0.25) is 0 Å². The smallest absolute Gasteiger partial charge is 0.255 e. The summed E-state index contributed by atoms with van der Waals surface area (Å²) in [4.78, 5) is 12.9. The predicted octanol–water partition coefficient (Wildman–Crippen LogP) is 4.61. The van der Waals surface area contributed by atoms with E-state index in [1.807, 2.05) is 60.7 Å². The van der Waals surface area contributed by atoms with E-state index in [0.717, 1.165) is 11.3 Å². The lowest BCUT2D eigenvalue weighted by Gasteiger charge is -2.05. The van der Waals surface area contributed by atoms with Crippen molar-refractivity contribution in [2.75, 3.05) is 0 Å². The number of hydrogen-bond donors (Lipinski definition) is 1. The minimum atomic E-state index is -0.332. The summed E-state index contributed by atoms with van der Waals surface area (Å²) >= 11 is 0. The van der Waals surface area contributed by atoms with Gasteiger partial charge in [-0.15, -0.1) is 0 Å². The molecule has 0 saturated carbocycles. The molecule has 0 aliphatic heterocycles. The summed E-state index contributed by atoms with van der Waals surface area (Å²) in [6.07, 6.45) is 1.70. The van der Waals surface area contributed by atoms with E-state index in [4.69, 9.17) is 0 Å². The Kier molecular flexibility index (Phi) is 4.97. The van der Waals surface area contributed by atoms with E-state index in [1.165, 1.54) is 12.1 Å². The fourth-order valence-electron chi connectivity index (χ4n) is 2.95. The Hall–Kier alpha value is -3.73. The number of hydrogen-bond acceptors (Lipinski definition) is 2. The van der Waals surface area contributed by atoms with E-state index < -0.39 is 0 Å². The summed E-state index contributed by atoms with van der Waals surface area (Å²) in [6, 6.07) is 25.2. The van der Waals surface area contributed by atoms with Gasteiger partial charge in [-0.3, -0.25) is 4.79 Å². The molecule has 4 nitrogen and oxygen atoms in total. The van der Waals surface area contributed by atoms with E-state index >= 15 is 0 Å². The van der Waals surface area contributed by atoms with Gasteiger partial charge >= 0.3 is 0 Å². The van der Waals surface area contributed by atoms with Crippen LogP contribution < -0.4 is 5.32 Å². The molecule has 5 heteroatoms. The molecular weight excluding hydrogens is 353 g/mol. The molecule has 0 fully saturated rings. The molecule has 1 amide bonds. The van der Waals surface area contributed by atoms with Gasteiger partial charge < -0.3 is 5.32 Å². The monoisotopic (exact) mass is 371 g/mol. The Bertz CT molecular complexity index is 1070. The highest BCUT2D eigenvalue weighted by Crippen LogP contribution is 2.24. The van der Waals surface area contributed by atoms with Crippen LogP contribution in [-0.4, -0.2) is 15.7 Å². The van der Waals surface area contributed by atoms with Crippen molar-refractivity contribution in [3.05, 3.63) is 108 Å². The number of amides is 1. The van der Waals surface area contributed by atoms with Gasteiger partial charge in [-0.1, -0.05) is 48.5 Å². The number of nitrogens with one attached hydrogen (secondary N) is 1.